The van der Waals surface area contributed by atoms with Crippen molar-refractivity contribution >= 4 is 15.7 Å². The van der Waals surface area contributed by atoms with Crippen LogP contribution < -0.4 is 5.32 Å². The van der Waals surface area contributed by atoms with Gasteiger partial charge in [-0.2, -0.15) is 4.31 Å². The summed E-state index contributed by atoms with van der Waals surface area (Å²) in [5.74, 6) is 0. The van der Waals surface area contributed by atoms with Crippen molar-refractivity contribution in [2.45, 2.75) is 31.2 Å². The van der Waals surface area contributed by atoms with Crippen molar-refractivity contribution in [3.8, 4) is 0 Å². The molecule has 0 bridgehead atoms. The lowest BCUT2D eigenvalue weighted by molar-refractivity contribution is -0.385. The van der Waals surface area contributed by atoms with Gasteiger partial charge in [-0.3, -0.25) is 10.1 Å². The van der Waals surface area contributed by atoms with Crippen LogP contribution in [0.4, 0.5) is 5.69 Å². The van der Waals surface area contributed by atoms with Gasteiger partial charge in [0, 0.05) is 31.3 Å². The number of nitro groups is 1. The molecule has 0 aromatic heterocycles. The van der Waals surface area contributed by atoms with Gasteiger partial charge in [-0.05, 0) is 19.4 Å². The zero-order valence-corrected chi connectivity index (χ0v) is 12.9. The van der Waals surface area contributed by atoms with Crippen LogP contribution in [0.1, 0.15) is 18.9 Å². The molecular formula is C13H19N3O4S. The van der Waals surface area contributed by atoms with Crippen molar-refractivity contribution in [2.24, 2.45) is 0 Å². The average molecular weight is 313 g/mol. The molecule has 1 aliphatic rings. The van der Waals surface area contributed by atoms with Gasteiger partial charge in [0.15, 0.2) is 0 Å². The van der Waals surface area contributed by atoms with Crippen molar-refractivity contribution in [1.29, 1.82) is 0 Å². The quantitative estimate of drug-likeness (QED) is 0.631. The largest absolute Gasteiger partial charge is 0.313 e. The molecule has 0 saturated carbocycles. The summed E-state index contributed by atoms with van der Waals surface area (Å²) in [4.78, 5) is 10.4. The van der Waals surface area contributed by atoms with E-state index >= 15 is 0 Å². The molecule has 8 heteroatoms. The third-order valence-electron chi connectivity index (χ3n) is 3.60. The molecule has 1 aromatic rings. The van der Waals surface area contributed by atoms with Gasteiger partial charge in [-0.15, -0.1) is 0 Å². The molecule has 1 N–H and O–H groups in total. The van der Waals surface area contributed by atoms with Gasteiger partial charge in [-0.1, -0.05) is 13.0 Å². The Morgan fingerprint density at radius 2 is 2.10 bits per heavy atom. The molecule has 0 atom stereocenters. The Kier molecular flexibility index (Phi) is 4.60. The van der Waals surface area contributed by atoms with E-state index in [9.17, 15) is 18.5 Å². The van der Waals surface area contributed by atoms with Crippen LogP contribution in [-0.2, 0) is 10.0 Å². The number of nitrogens with zero attached hydrogens (tertiary/aromatic N) is 2. The lowest BCUT2D eigenvalue weighted by Gasteiger charge is -2.37. The first-order valence-corrected chi connectivity index (χ1v) is 8.29. The lowest BCUT2D eigenvalue weighted by atomic mass is 10.2. The molecule has 21 heavy (non-hydrogen) atoms. The van der Waals surface area contributed by atoms with Crippen molar-refractivity contribution in [1.82, 2.24) is 9.62 Å². The summed E-state index contributed by atoms with van der Waals surface area (Å²) < 4.78 is 26.9. The summed E-state index contributed by atoms with van der Waals surface area (Å²) in [7, 11) is -3.71. The normalized spacial score (nSPS) is 16.0. The molecule has 0 spiro atoms. The molecule has 0 unspecified atom stereocenters. The van der Waals surface area contributed by atoms with Crippen LogP contribution in [0.25, 0.3) is 0 Å². The second-order valence-electron chi connectivity index (χ2n) is 5.13. The Morgan fingerprint density at radius 1 is 1.43 bits per heavy atom. The molecule has 0 radical (unpaired) electrons. The van der Waals surface area contributed by atoms with Crippen LogP contribution in [0.5, 0.6) is 0 Å². The van der Waals surface area contributed by atoms with E-state index in [1.165, 1.54) is 16.4 Å². The minimum absolute atomic E-state index is 0.0137. The number of nitro benzene ring substituents is 1. The van der Waals surface area contributed by atoms with Gasteiger partial charge >= 0.3 is 0 Å². The Bertz CT molecular complexity index is 641. The van der Waals surface area contributed by atoms with Crippen LogP contribution in [0, 0.1) is 17.0 Å². The Morgan fingerprint density at radius 3 is 2.57 bits per heavy atom. The topological polar surface area (TPSA) is 92.6 Å². The molecule has 1 heterocycles. The first-order valence-electron chi connectivity index (χ1n) is 6.85. The van der Waals surface area contributed by atoms with E-state index in [1.54, 1.807) is 6.92 Å². The van der Waals surface area contributed by atoms with Crippen molar-refractivity contribution in [3.63, 3.8) is 0 Å². The maximum atomic E-state index is 12.7. The minimum Gasteiger partial charge on any atom is -0.313 e. The summed E-state index contributed by atoms with van der Waals surface area (Å²) in [6.07, 6.45) is 0.698. The molecule has 1 fully saturated rings. The standard InChI is InChI=1S/C13H19N3O4S/c1-3-6-15(11-8-14-9-11)21(19,20)12-5-4-10(2)13(7-12)16(17)18/h4-5,7,11,14H,3,6,8-9H2,1-2H3. The Hall–Kier alpha value is -1.51. The van der Waals surface area contributed by atoms with E-state index < -0.39 is 14.9 Å². The van der Waals surface area contributed by atoms with Crippen LogP contribution in [-0.4, -0.2) is 43.3 Å². The molecule has 1 aliphatic heterocycles. The molecule has 0 aliphatic carbocycles. The third-order valence-corrected chi connectivity index (χ3v) is 5.54. The Labute approximate surface area is 124 Å². The highest BCUT2D eigenvalue weighted by Gasteiger charge is 2.35. The number of sulfonamides is 1. The van der Waals surface area contributed by atoms with Gasteiger partial charge in [0.25, 0.3) is 5.69 Å². The lowest BCUT2D eigenvalue weighted by Crippen LogP contribution is -2.58. The summed E-state index contributed by atoms with van der Waals surface area (Å²) in [5, 5.41) is 14.0. The van der Waals surface area contributed by atoms with E-state index in [2.05, 4.69) is 5.32 Å². The number of aryl methyl sites for hydroxylation is 1. The fourth-order valence-corrected chi connectivity index (χ4v) is 4.01. The molecular weight excluding hydrogens is 294 g/mol. The van der Waals surface area contributed by atoms with Crippen molar-refractivity contribution in [3.05, 3.63) is 33.9 Å². The summed E-state index contributed by atoms with van der Waals surface area (Å²) in [6, 6.07) is 4.00. The summed E-state index contributed by atoms with van der Waals surface area (Å²) in [5.41, 5.74) is 0.283. The highest BCUT2D eigenvalue weighted by molar-refractivity contribution is 7.89. The van der Waals surface area contributed by atoms with Crippen molar-refractivity contribution < 1.29 is 13.3 Å². The average Bonchev–Trinajstić information content (AvgIpc) is 2.36. The molecule has 7 nitrogen and oxygen atoms in total. The zero-order valence-electron chi connectivity index (χ0n) is 12.1. The minimum atomic E-state index is -3.71. The number of hydrogen-bond acceptors (Lipinski definition) is 5. The first kappa shape index (κ1) is 15.9. The maximum absolute atomic E-state index is 12.7. The van der Waals surface area contributed by atoms with Crippen LogP contribution in [0.15, 0.2) is 23.1 Å². The van der Waals surface area contributed by atoms with E-state index in [0.29, 0.717) is 31.6 Å². The SMILES string of the molecule is CCCN(C1CNC1)S(=O)(=O)c1ccc(C)c([N+](=O)[O-])c1. The first-order chi connectivity index (χ1) is 9.87. The monoisotopic (exact) mass is 313 g/mol. The summed E-state index contributed by atoms with van der Waals surface area (Å²) >= 11 is 0. The van der Waals surface area contributed by atoms with Crippen LogP contribution >= 0.6 is 0 Å². The number of benzene rings is 1. The summed E-state index contributed by atoms with van der Waals surface area (Å²) in [6.45, 7) is 5.15. The molecule has 1 saturated heterocycles. The molecule has 116 valence electrons. The zero-order chi connectivity index (χ0) is 15.6. The number of hydrogen-bond donors (Lipinski definition) is 1. The van der Waals surface area contributed by atoms with Crippen molar-refractivity contribution in [2.75, 3.05) is 19.6 Å². The van der Waals surface area contributed by atoms with Gasteiger partial charge in [0.1, 0.15) is 0 Å². The second kappa shape index (κ2) is 6.08. The fourth-order valence-electron chi connectivity index (χ4n) is 2.28. The fraction of sp³-hybridized carbons (Fsp3) is 0.538. The van der Waals surface area contributed by atoms with E-state index in [-0.39, 0.29) is 16.6 Å². The van der Waals surface area contributed by atoms with Gasteiger partial charge in [-0.25, -0.2) is 8.42 Å². The molecule has 2 rings (SSSR count). The predicted molar refractivity (Wildman–Crippen MR) is 78.7 cm³/mol. The van der Waals surface area contributed by atoms with Gasteiger partial charge in [0.2, 0.25) is 10.0 Å². The third kappa shape index (κ3) is 3.07. The Balaban J connectivity index is 2.41. The van der Waals surface area contributed by atoms with Crippen LogP contribution in [0.2, 0.25) is 0 Å². The van der Waals surface area contributed by atoms with Gasteiger partial charge in [0.05, 0.1) is 15.9 Å². The van der Waals surface area contributed by atoms with E-state index in [0.717, 1.165) is 6.07 Å². The smallest absolute Gasteiger partial charge is 0.273 e. The van der Waals surface area contributed by atoms with E-state index in [1.807, 2.05) is 6.92 Å². The van der Waals surface area contributed by atoms with E-state index in [4.69, 9.17) is 0 Å². The highest BCUT2D eigenvalue weighted by Crippen LogP contribution is 2.26. The number of nitrogens with one attached hydrogen (secondary N) is 1. The predicted octanol–water partition coefficient (Wildman–Crippen LogP) is 1.28. The second-order valence-corrected chi connectivity index (χ2v) is 7.02. The number of rotatable bonds is 6. The maximum Gasteiger partial charge on any atom is 0.273 e. The molecule has 0 amide bonds. The molecule has 1 aromatic carbocycles. The highest BCUT2D eigenvalue weighted by atomic mass is 32.2. The van der Waals surface area contributed by atoms with Gasteiger partial charge < -0.3 is 5.32 Å². The van der Waals surface area contributed by atoms with Crippen LogP contribution in [0.3, 0.4) is 0 Å².